The first kappa shape index (κ1) is 7.00. The third-order valence-electron chi connectivity index (χ3n) is 0.757. The van der Waals surface area contributed by atoms with Crippen molar-refractivity contribution in [2.24, 2.45) is 5.92 Å². The van der Waals surface area contributed by atoms with E-state index in [1.54, 1.807) is 0 Å². The van der Waals surface area contributed by atoms with Gasteiger partial charge in [-0.2, -0.15) is 0 Å². The van der Waals surface area contributed by atoms with Gasteiger partial charge < -0.3 is 0 Å². The highest BCUT2D eigenvalue weighted by molar-refractivity contribution is 4.79. The summed E-state index contributed by atoms with van der Waals surface area (Å²) >= 11 is 0. The fourth-order valence-corrected chi connectivity index (χ4v) is 0.697. The first-order valence-electron chi connectivity index (χ1n) is 2.75. The molecule has 0 heteroatoms. The maximum absolute atomic E-state index is 3.86. The summed E-state index contributed by atoms with van der Waals surface area (Å²) in [5.41, 5.74) is 0. The quantitative estimate of drug-likeness (QED) is 0.497. The van der Waals surface area contributed by atoms with Crippen molar-refractivity contribution in [3.8, 4) is 0 Å². The Hall–Kier alpha value is 0. The van der Waals surface area contributed by atoms with Crippen molar-refractivity contribution in [3.63, 3.8) is 0 Å². The Labute approximate surface area is 46.9 Å². The zero-order valence-corrected chi connectivity index (χ0v) is 5.49. The van der Waals surface area contributed by atoms with Crippen LogP contribution in [0.4, 0.5) is 0 Å². The molecule has 0 amide bonds. The molecule has 0 aromatic rings. The van der Waals surface area contributed by atoms with E-state index in [0.29, 0.717) is 5.92 Å². The molecule has 1 unspecified atom stereocenters. The van der Waals surface area contributed by atoms with Crippen LogP contribution in [0.3, 0.4) is 0 Å². The van der Waals surface area contributed by atoms with Gasteiger partial charge in [-0.3, -0.25) is 0 Å². The number of hydrogen-bond acceptors (Lipinski definition) is 0. The molecule has 0 rings (SSSR count). The molecule has 0 N–H and O–H groups in total. The zero-order valence-electron chi connectivity index (χ0n) is 5.49. The molecule has 0 saturated carbocycles. The molecular formula is C7H14. The summed E-state index contributed by atoms with van der Waals surface area (Å²) in [6, 6.07) is 0. The Balaban J connectivity index is 2.95. The van der Waals surface area contributed by atoms with E-state index in [1.807, 2.05) is 0 Å². The largest absolute Gasteiger partial charge is 0.0625 e. The van der Waals surface area contributed by atoms with Crippen LogP contribution in [0.5, 0.6) is 0 Å². The molecule has 0 fully saturated rings. The highest BCUT2D eigenvalue weighted by Gasteiger charge is 1.96. The molecule has 2 radical (unpaired) electrons. The fraction of sp³-hybridized carbons (Fsp3) is 0.714. The van der Waals surface area contributed by atoms with E-state index in [1.165, 1.54) is 12.3 Å². The Morgan fingerprint density at radius 1 is 1.57 bits per heavy atom. The van der Waals surface area contributed by atoms with Crippen LogP contribution in [0.1, 0.15) is 27.2 Å². The van der Waals surface area contributed by atoms with Gasteiger partial charge in [-0.1, -0.05) is 27.7 Å². The normalized spacial score (nSPS) is 11.1. The van der Waals surface area contributed by atoms with Gasteiger partial charge >= 0.3 is 0 Å². The first-order valence-corrected chi connectivity index (χ1v) is 2.75. The smallest absolute Gasteiger partial charge is 0.0300 e. The maximum Gasteiger partial charge on any atom is -0.0300 e. The highest BCUT2D eigenvalue weighted by Crippen LogP contribution is 2.09. The summed E-state index contributed by atoms with van der Waals surface area (Å²) in [6.45, 7) is 10.3. The predicted molar refractivity (Wildman–Crippen MR) is 33.7 cm³/mol. The van der Waals surface area contributed by atoms with Crippen LogP contribution in [-0.4, -0.2) is 0 Å². The summed E-state index contributed by atoms with van der Waals surface area (Å²) in [4.78, 5) is 0. The molecule has 0 aromatic heterocycles. The van der Waals surface area contributed by atoms with Gasteiger partial charge in [0.2, 0.25) is 0 Å². The molecule has 0 nitrogen and oxygen atoms in total. The van der Waals surface area contributed by atoms with Gasteiger partial charge in [0.25, 0.3) is 0 Å². The van der Waals surface area contributed by atoms with Crippen LogP contribution in [0, 0.1) is 18.8 Å². The van der Waals surface area contributed by atoms with E-state index in [-0.39, 0.29) is 0 Å². The number of rotatable bonds is 2. The predicted octanol–water partition coefficient (Wildman–Crippen LogP) is 2.46. The summed E-state index contributed by atoms with van der Waals surface area (Å²) in [5, 5.41) is 0. The SMILES string of the molecule is [CH2]C(C)C[C](C)C. The average Bonchev–Trinajstić information content (AvgIpc) is 1.27. The third kappa shape index (κ3) is 6.00. The molecule has 0 aliphatic rings. The van der Waals surface area contributed by atoms with Gasteiger partial charge in [0, 0.05) is 0 Å². The summed E-state index contributed by atoms with van der Waals surface area (Å²) in [7, 11) is 0. The Morgan fingerprint density at radius 3 is 2.00 bits per heavy atom. The molecule has 0 aromatic carbocycles. The molecule has 0 aliphatic carbocycles. The molecule has 7 heavy (non-hydrogen) atoms. The minimum Gasteiger partial charge on any atom is -0.0625 e. The molecule has 0 saturated heterocycles. The Kier molecular flexibility index (Phi) is 3.06. The van der Waals surface area contributed by atoms with E-state index in [0.717, 1.165) is 0 Å². The third-order valence-corrected chi connectivity index (χ3v) is 0.757. The van der Waals surface area contributed by atoms with Gasteiger partial charge in [0.1, 0.15) is 0 Å². The van der Waals surface area contributed by atoms with E-state index in [2.05, 4.69) is 27.7 Å². The van der Waals surface area contributed by atoms with Crippen molar-refractivity contribution in [3.05, 3.63) is 12.8 Å². The maximum atomic E-state index is 3.86. The van der Waals surface area contributed by atoms with Crippen molar-refractivity contribution >= 4 is 0 Å². The lowest BCUT2D eigenvalue weighted by Gasteiger charge is -2.04. The molecule has 42 valence electrons. The lowest BCUT2D eigenvalue weighted by molar-refractivity contribution is 0.658. The first-order chi connectivity index (χ1) is 3.13. The second-order valence-electron chi connectivity index (χ2n) is 2.52. The zero-order chi connectivity index (χ0) is 5.86. The Morgan fingerprint density at radius 2 is 2.00 bits per heavy atom. The minimum absolute atomic E-state index is 0.588. The lowest BCUT2D eigenvalue weighted by atomic mass is 10.0. The second-order valence-corrected chi connectivity index (χ2v) is 2.52. The Bertz CT molecular complexity index is 29.3. The minimum atomic E-state index is 0.588. The van der Waals surface area contributed by atoms with Crippen LogP contribution in [0.25, 0.3) is 0 Å². The highest BCUT2D eigenvalue weighted by atomic mass is 14.0. The molecule has 0 spiro atoms. The monoisotopic (exact) mass is 98.1 g/mol. The molecule has 0 aliphatic heterocycles. The lowest BCUT2D eigenvalue weighted by Crippen LogP contribution is -1.91. The molecule has 0 heterocycles. The summed E-state index contributed by atoms with van der Waals surface area (Å²) in [5.74, 6) is 2.06. The molecular weight excluding hydrogens is 84.1 g/mol. The van der Waals surface area contributed by atoms with Crippen LogP contribution >= 0.6 is 0 Å². The van der Waals surface area contributed by atoms with E-state index >= 15 is 0 Å². The fourth-order valence-electron chi connectivity index (χ4n) is 0.697. The van der Waals surface area contributed by atoms with Crippen LogP contribution in [0.15, 0.2) is 0 Å². The van der Waals surface area contributed by atoms with Crippen molar-refractivity contribution in [2.45, 2.75) is 27.2 Å². The van der Waals surface area contributed by atoms with Crippen molar-refractivity contribution in [2.75, 3.05) is 0 Å². The molecule has 0 bridgehead atoms. The van der Waals surface area contributed by atoms with Gasteiger partial charge in [-0.15, -0.1) is 0 Å². The van der Waals surface area contributed by atoms with Gasteiger partial charge in [0.15, 0.2) is 0 Å². The summed E-state index contributed by atoms with van der Waals surface area (Å²) < 4.78 is 0. The molecule has 1 atom stereocenters. The van der Waals surface area contributed by atoms with E-state index in [9.17, 15) is 0 Å². The van der Waals surface area contributed by atoms with E-state index in [4.69, 9.17) is 0 Å². The van der Waals surface area contributed by atoms with Crippen LogP contribution in [0.2, 0.25) is 0 Å². The topological polar surface area (TPSA) is 0 Å². The van der Waals surface area contributed by atoms with E-state index < -0.39 is 0 Å². The van der Waals surface area contributed by atoms with Gasteiger partial charge in [0.05, 0.1) is 0 Å². The van der Waals surface area contributed by atoms with Gasteiger partial charge in [-0.05, 0) is 18.3 Å². The second kappa shape index (κ2) is 3.06. The standard InChI is InChI=1S/C7H14/c1-6(2)5-7(3)4/h6H,1,5H2,2-4H3. The average molecular weight is 98.2 g/mol. The van der Waals surface area contributed by atoms with Crippen LogP contribution < -0.4 is 0 Å². The van der Waals surface area contributed by atoms with Crippen molar-refractivity contribution in [1.29, 1.82) is 0 Å². The van der Waals surface area contributed by atoms with Crippen molar-refractivity contribution in [1.82, 2.24) is 0 Å². The van der Waals surface area contributed by atoms with Crippen molar-refractivity contribution < 1.29 is 0 Å². The number of hydrogen-bond donors (Lipinski definition) is 0. The van der Waals surface area contributed by atoms with Crippen LogP contribution in [-0.2, 0) is 0 Å². The summed E-state index contributed by atoms with van der Waals surface area (Å²) in [6.07, 6.45) is 1.17. The van der Waals surface area contributed by atoms with Gasteiger partial charge in [-0.25, -0.2) is 0 Å².